The molecule has 6 heteroatoms. The SMILES string of the molecule is CCC1CCCCC1NC(=O)N(C)C1COCC1C(=O)O. The van der Waals surface area contributed by atoms with Crippen LogP contribution in [0.4, 0.5) is 4.79 Å². The Balaban J connectivity index is 1.94. The smallest absolute Gasteiger partial charge is 0.317 e. The number of hydrogen-bond acceptors (Lipinski definition) is 3. The van der Waals surface area contributed by atoms with E-state index in [1.165, 1.54) is 11.3 Å². The molecule has 0 spiro atoms. The number of nitrogens with zero attached hydrogens (tertiary/aromatic N) is 1. The fraction of sp³-hybridized carbons (Fsp3) is 0.867. The van der Waals surface area contributed by atoms with Gasteiger partial charge >= 0.3 is 12.0 Å². The molecule has 2 aliphatic rings. The van der Waals surface area contributed by atoms with Crippen LogP contribution >= 0.6 is 0 Å². The molecular formula is C15H26N2O4. The minimum Gasteiger partial charge on any atom is -0.481 e. The van der Waals surface area contributed by atoms with Crippen LogP contribution in [0.25, 0.3) is 0 Å². The zero-order chi connectivity index (χ0) is 15.4. The van der Waals surface area contributed by atoms with Gasteiger partial charge in [0.1, 0.15) is 5.92 Å². The van der Waals surface area contributed by atoms with E-state index in [0.29, 0.717) is 12.5 Å². The van der Waals surface area contributed by atoms with Crippen LogP contribution < -0.4 is 5.32 Å². The molecule has 2 fully saturated rings. The minimum absolute atomic E-state index is 0.179. The van der Waals surface area contributed by atoms with Crippen LogP contribution in [-0.4, -0.2) is 54.4 Å². The Morgan fingerprint density at radius 1 is 1.29 bits per heavy atom. The Labute approximate surface area is 125 Å². The maximum Gasteiger partial charge on any atom is 0.317 e. The summed E-state index contributed by atoms with van der Waals surface area (Å²) in [7, 11) is 1.66. The van der Waals surface area contributed by atoms with Crippen molar-refractivity contribution in [1.29, 1.82) is 0 Å². The quantitative estimate of drug-likeness (QED) is 0.828. The predicted molar refractivity (Wildman–Crippen MR) is 78.1 cm³/mol. The number of carboxylic acids is 1. The third-order valence-electron chi connectivity index (χ3n) is 4.93. The summed E-state index contributed by atoms with van der Waals surface area (Å²) in [6.45, 7) is 2.63. The predicted octanol–water partition coefficient (Wildman–Crippen LogP) is 1.70. The van der Waals surface area contributed by atoms with Crippen LogP contribution in [-0.2, 0) is 9.53 Å². The summed E-state index contributed by atoms with van der Waals surface area (Å²) in [5.74, 6) is -0.999. The van der Waals surface area contributed by atoms with E-state index in [-0.39, 0.29) is 24.7 Å². The van der Waals surface area contributed by atoms with Gasteiger partial charge in [-0.3, -0.25) is 4.79 Å². The first-order chi connectivity index (χ1) is 10.0. The summed E-state index contributed by atoms with van der Waals surface area (Å²) >= 11 is 0. The first-order valence-electron chi connectivity index (χ1n) is 7.88. The van der Waals surface area contributed by atoms with Crippen molar-refractivity contribution in [3.05, 3.63) is 0 Å². The molecule has 1 aliphatic carbocycles. The summed E-state index contributed by atoms with van der Waals surface area (Å²) < 4.78 is 5.23. The van der Waals surface area contributed by atoms with Crippen LogP contribution in [0.3, 0.4) is 0 Å². The zero-order valence-corrected chi connectivity index (χ0v) is 12.9. The van der Waals surface area contributed by atoms with Gasteiger partial charge in [-0.1, -0.05) is 26.2 Å². The number of carbonyl (C=O) groups excluding carboxylic acids is 1. The van der Waals surface area contributed by atoms with Crippen LogP contribution in [0.2, 0.25) is 0 Å². The number of carbonyl (C=O) groups is 2. The second kappa shape index (κ2) is 7.11. The van der Waals surface area contributed by atoms with Crippen molar-refractivity contribution in [2.24, 2.45) is 11.8 Å². The molecule has 2 N–H and O–H groups in total. The summed E-state index contributed by atoms with van der Waals surface area (Å²) in [6, 6.07) is -0.349. The molecule has 0 aromatic carbocycles. The number of urea groups is 1. The summed E-state index contributed by atoms with van der Waals surface area (Å²) in [4.78, 5) is 25.1. The molecule has 0 radical (unpaired) electrons. The Hall–Kier alpha value is -1.30. The molecule has 0 aromatic heterocycles. The lowest BCUT2D eigenvalue weighted by molar-refractivity contribution is -0.142. The van der Waals surface area contributed by atoms with Gasteiger partial charge in [0.05, 0.1) is 19.3 Å². The van der Waals surface area contributed by atoms with Crippen molar-refractivity contribution in [2.75, 3.05) is 20.3 Å². The first-order valence-corrected chi connectivity index (χ1v) is 7.88. The second-order valence-electron chi connectivity index (χ2n) is 6.17. The van der Waals surface area contributed by atoms with Crippen LogP contribution in [0.1, 0.15) is 39.0 Å². The minimum atomic E-state index is -0.902. The number of likely N-dealkylation sites (N-methyl/N-ethyl adjacent to an activating group) is 1. The largest absolute Gasteiger partial charge is 0.481 e. The highest BCUT2D eigenvalue weighted by molar-refractivity contribution is 5.77. The van der Waals surface area contributed by atoms with Gasteiger partial charge in [-0.15, -0.1) is 0 Å². The summed E-state index contributed by atoms with van der Waals surface area (Å²) in [5, 5.41) is 12.3. The van der Waals surface area contributed by atoms with Crippen molar-refractivity contribution >= 4 is 12.0 Å². The average Bonchev–Trinajstić information content (AvgIpc) is 2.96. The third kappa shape index (κ3) is 3.67. The normalized spacial score (nSPS) is 32.7. The van der Waals surface area contributed by atoms with Crippen molar-refractivity contribution in [2.45, 2.75) is 51.1 Å². The average molecular weight is 298 g/mol. The maximum absolute atomic E-state index is 12.4. The monoisotopic (exact) mass is 298 g/mol. The Morgan fingerprint density at radius 2 is 2.00 bits per heavy atom. The summed E-state index contributed by atoms with van der Waals surface area (Å²) in [6.07, 6.45) is 5.63. The number of hydrogen-bond donors (Lipinski definition) is 2. The number of amides is 2. The van der Waals surface area contributed by atoms with E-state index >= 15 is 0 Å². The van der Waals surface area contributed by atoms with Gasteiger partial charge in [0.15, 0.2) is 0 Å². The molecule has 4 unspecified atom stereocenters. The molecule has 1 saturated heterocycles. The molecule has 4 atom stereocenters. The molecule has 1 heterocycles. The van der Waals surface area contributed by atoms with Gasteiger partial charge in [-0.25, -0.2) is 4.79 Å². The van der Waals surface area contributed by atoms with Gasteiger partial charge in [0.2, 0.25) is 0 Å². The highest BCUT2D eigenvalue weighted by Gasteiger charge is 2.39. The molecule has 120 valence electrons. The lowest BCUT2D eigenvalue weighted by Gasteiger charge is -2.34. The van der Waals surface area contributed by atoms with Gasteiger partial charge in [-0.2, -0.15) is 0 Å². The van der Waals surface area contributed by atoms with E-state index < -0.39 is 11.9 Å². The van der Waals surface area contributed by atoms with Gasteiger partial charge in [0.25, 0.3) is 0 Å². The number of carboxylic acid groups (broad SMARTS) is 1. The second-order valence-corrected chi connectivity index (χ2v) is 6.17. The molecule has 0 aromatic rings. The number of aliphatic carboxylic acids is 1. The maximum atomic E-state index is 12.4. The van der Waals surface area contributed by atoms with Gasteiger partial charge in [-0.05, 0) is 18.8 Å². The van der Waals surface area contributed by atoms with Crippen molar-refractivity contribution in [1.82, 2.24) is 10.2 Å². The molecule has 0 bridgehead atoms. The topological polar surface area (TPSA) is 78.9 Å². The van der Waals surface area contributed by atoms with E-state index in [9.17, 15) is 14.7 Å². The number of nitrogens with one attached hydrogen (secondary N) is 1. The lowest BCUT2D eigenvalue weighted by Crippen LogP contribution is -2.52. The molecule has 2 amide bonds. The summed E-state index contributed by atoms with van der Waals surface area (Å²) in [5.41, 5.74) is 0. The van der Waals surface area contributed by atoms with Gasteiger partial charge in [0, 0.05) is 13.1 Å². The van der Waals surface area contributed by atoms with E-state index in [0.717, 1.165) is 25.7 Å². The van der Waals surface area contributed by atoms with E-state index in [4.69, 9.17) is 4.74 Å². The standard InChI is InChI=1S/C15H26N2O4/c1-3-10-6-4-5-7-12(10)16-15(20)17(2)13-9-21-8-11(13)14(18)19/h10-13H,3-9H2,1-2H3,(H,16,20)(H,18,19). The Morgan fingerprint density at radius 3 is 2.67 bits per heavy atom. The number of rotatable bonds is 4. The molecule has 1 aliphatic heterocycles. The molecule has 2 rings (SSSR count). The molecular weight excluding hydrogens is 272 g/mol. The van der Waals surface area contributed by atoms with Crippen molar-refractivity contribution in [3.63, 3.8) is 0 Å². The van der Waals surface area contributed by atoms with E-state index in [2.05, 4.69) is 12.2 Å². The third-order valence-corrected chi connectivity index (χ3v) is 4.93. The van der Waals surface area contributed by atoms with Crippen LogP contribution in [0.5, 0.6) is 0 Å². The molecule has 1 saturated carbocycles. The van der Waals surface area contributed by atoms with Crippen molar-refractivity contribution < 1.29 is 19.4 Å². The fourth-order valence-corrected chi connectivity index (χ4v) is 3.46. The molecule has 6 nitrogen and oxygen atoms in total. The van der Waals surface area contributed by atoms with E-state index in [1.807, 2.05) is 0 Å². The highest BCUT2D eigenvalue weighted by Crippen LogP contribution is 2.27. The van der Waals surface area contributed by atoms with Gasteiger partial charge < -0.3 is 20.1 Å². The fourth-order valence-electron chi connectivity index (χ4n) is 3.46. The van der Waals surface area contributed by atoms with Crippen LogP contribution in [0, 0.1) is 11.8 Å². The highest BCUT2D eigenvalue weighted by atomic mass is 16.5. The Kier molecular flexibility index (Phi) is 5.45. The van der Waals surface area contributed by atoms with E-state index in [1.54, 1.807) is 7.05 Å². The Bertz CT molecular complexity index is 388. The first kappa shape index (κ1) is 16.1. The van der Waals surface area contributed by atoms with Crippen LogP contribution in [0.15, 0.2) is 0 Å². The zero-order valence-electron chi connectivity index (χ0n) is 12.9. The van der Waals surface area contributed by atoms with Crippen molar-refractivity contribution in [3.8, 4) is 0 Å². The molecule has 21 heavy (non-hydrogen) atoms. The number of ether oxygens (including phenoxy) is 1. The lowest BCUT2D eigenvalue weighted by atomic mass is 9.83.